The van der Waals surface area contributed by atoms with Crippen molar-refractivity contribution in [1.82, 2.24) is 0 Å². The molecule has 1 nitrogen and oxygen atoms in total. The quantitative estimate of drug-likeness (QED) is 0.343. The lowest BCUT2D eigenvalue weighted by molar-refractivity contribution is -0.103. The van der Waals surface area contributed by atoms with Crippen LogP contribution in [0.4, 0.5) is 0 Å². The zero-order valence-corrected chi connectivity index (χ0v) is 4.92. The highest BCUT2D eigenvalue weighted by Crippen LogP contribution is 2.07. The molecule has 0 saturated carbocycles. The average molecular weight is 118 g/mol. The van der Waals surface area contributed by atoms with E-state index in [1.165, 1.54) is 0 Å². The minimum absolute atomic E-state index is 0.610. The number of rotatable bonds is 0. The van der Waals surface area contributed by atoms with Gasteiger partial charge in [-0.25, -0.2) is 0 Å². The zero-order valence-electron chi connectivity index (χ0n) is 4.92. The molecule has 0 radical (unpaired) electrons. The van der Waals surface area contributed by atoms with Crippen molar-refractivity contribution in [3.63, 3.8) is 0 Å². The summed E-state index contributed by atoms with van der Waals surface area (Å²) in [6, 6.07) is 0. The van der Waals surface area contributed by atoms with E-state index in [0.717, 1.165) is 12.0 Å². The third kappa shape index (κ3) is 1.58. The van der Waals surface area contributed by atoms with Gasteiger partial charge < -0.3 is 0 Å². The molecule has 1 rings (SSSR count). The van der Waals surface area contributed by atoms with Gasteiger partial charge in [0.05, 0.1) is 0 Å². The van der Waals surface area contributed by atoms with Crippen molar-refractivity contribution >= 4 is 6.29 Å². The fraction of sp³-hybridized carbons (Fsp3) is 0.125. The maximum absolute atomic E-state index is 9.74. The standard InChI is InChI=1S/C8H6O/c9-7-3-6-8-4-1-2-5-8/h1-2,4,7H,5H2. The van der Waals surface area contributed by atoms with Crippen molar-refractivity contribution < 1.29 is 4.79 Å². The van der Waals surface area contributed by atoms with Crippen LogP contribution in [0.5, 0.6) is 0 Å². The smallest absolute Gasteiger partial charge is 0.193 e. The van der Waals surface area contributed by atoms with E-state index in [2.05, 4.69) is 11.8 Å². The minimum Gasteiger partial charge on any atom is -0.289 e. The molecule has 0 aromatic heterocycles. The molecule has 0 amide bonds. The summed E-state index contributed by atoms with van der Waals surface area (Å²) in [5, 5.41) is 0. The Morgan fingerprint density at radius 2 is 2.56 bits per heavy atom. The van der Waals surface area contributed by atoms with Crippen molar-refractivity contribution in [3.05, 3.63) is 23.8 Å². The summed E-state index contributed by atoms with van der Waals surface area (Å²) in [7, 11) is 0. The first-order chi connectivity index (χ1) is 4.43. The zero-order chi connectivity index (χ0) is 6.53. The maximum Gasteiger partial charge on any atom is 0.193 e. The summed E-state index contributed by atoms with van der Waals surface area (Å²) in [6.07, 6.45) is 7.35. The summed E-state index contributed by atoms with van der Waals surface area (Å²) in [5.41, 5.74) is 1.02. The van der Waals surface area contributed by atoms with Gasteiger partial charge in [0.2, 0.25) is 0 Å². The summed E-state index contributed by atoms with van der Waals surface area (Å²) in [4.78, 5) is 9.74. The lowest BCUT2D eigenvalue weighted by Gasteiger charge is -1.80. The van der Waals surface area contributed by atoms with Crippen LogP contribution in [-0.4, -0.2) is 6.29 Å². The van der Waals surface area contributed by atoms with Gasteiger partial charge in [-0.15, -0.1) is 0 Å². The van der Waals surface area contributed by atoms with Crippen LogP contribution in [0.15, 0.2) is 23.8 Å². The molecule has 0 unspecified atom stereocenters. The van der Waals surface area contributed by atoms with Gasteiger partial charge in [0, 0.05) is 5.57 Å². The Balaban J connectivity index is 2.56. The second-order valence-corrected chi connectivity index (χ2v) is 1.71. The SMILES string of the molecule is O=CC#CC1=CC=CC1. The first-order valence-electron chi connectivity index (χ1n) is 2.74. The van der Waals surface area contributed by atoms with Crippen LogP contribution < -0.4 is 0 Å². The van der Waals surface area contributed by atoms with Gasteiger partial charge in [-0.2, -0.15) is 0 Å². The second-order valence-electron chi connectivity index (χ2n) is 1.71. The Morgan fingerprint density at radius 1 is 1.67 bits per heavy atom. The van der Waals surface area contributed by atoms with Crippen molar-refractivity contribution in [1.29, 1.82) is 0 Å². The van der Waals surface area contributed by atoms with E-state index in [1.54, 1.807) is 0 Å². The predicted molar refractivity (Wildman–Crippen MR) is 35.7 cm³/mol. The van der Waals surface area contributed by atoms with Crippen LogP contribution in [0.25, 0.3) is 0 Å². The van der Waals surface area contributed by atoms with E-state index in [1.807, 2.05) is 18.2 Å². The van der Waals surface area contributed by atoms with E-state index in [0.29, 0.717) is 6.29 Å². The third-order valence-corrected chi connectivity index (χ3v) is 1.06. The van der Waals surface area contributed by atoms with Gasteiger partial charge in [0.25, 0.3) is 0 Å². The highest BCUT2D eigenvalue weighted by atomic mass is 16.1. The first-order valence-corrected chi connectivity index (χ1v) is 2.74. The topological polar surface area (TPSA) is 17.1 Å². The number of carbonyl (C=O) groups excluding carboxylic acids is 1. The van der Waals surface area contributed by atoms with E-state index in [4.69, 9.17) is 0 Å². The highest BCUT2D eigenvalue weighted by molar-refractivity contribution is 5.74. The van der Waals surface area contributed by atoms with Gasteiger partial charge in [0.15, 0.2) is 6.29 Å². The lowest BCUT2D eigenvalue weighted by Crippen LogP contribution is -1.69. The van der Waals surface area contributed by atoms with Gasteiger partial charge in [0.1, 0.15) is 0 Å². The molecule has 0 heterocycles. The summed E-state index contributed by atoms with van der Waals surface area (Å²) in [6.45, 7) is 0. The van der Waals surface area contributed by atoms with Gasteiger partial charge in [-0.1, -0.05) is 24.1 Å². The monoisotopic (exact) mass is 118 g/mol. The Labute approximate surface area is 54.1 Å². The van der Waals surface area contributed by atoms with Crippen LogP contribution in [0.2, 0.25) is 0 Å². The minimum atomic E-state index is 0.610. The highest BCUT2D eigenvalue weighted by Gasteiger charge is 1.91. The molecule has 0 saturated heterocycles. The van der Waals surface area contributed by atoms with E-state index >= 15 is 0 Å². The molecule has 0 atom stereocenters. The second kappa shape index (κ2) is 2.88. The molecule has 0 fully saturated rings. The van der Waals surface area contributed by atoms with E-state index in [-0.39, 0.29) is 0 Å². The number of aldehydes is 1. The van der Waals surface area contributed by atoms with Crippen molar-refractivity contribution in [2.24, 2.45) is 0 Å². The van der Waals surface area contributed by atoms with Gasteiger partial charge in [-0.3, -0.25) is 4.79 Å². The third-order valence-electron chi connectivity index (χ3n) is 1.06. The summed E-state index contributed by atoms with van der Waals surface area (Å²) < 4.78 is 0. The van der Waals surface area contributed by atoms with Crippen LogP contribution in [0.3, 0.4) is 0 Å². The molecule has 0 spiro atoms. The van der Waals surface area contributed by atoms with Gasteiger partial charge >= 0.3 is 0 Å². The number of allylic oxidation sites excluding steroid dienone is 4. The fourth-order valence-corrected chi connectivity index (χ4v) is 0.662. The van der Waals surface area contributed by atoms with E-state index in [9.17, 15) is 4.79 Å². The summed E-state index contributed by atoms with van der Waals surface area (Å²) >= 11 is 0. The van der Waals surface area contributed by atoms with Crippen LogP contribution in [-0.2, 0) is 4.79 Å². The van der Waals surface area contributed by atoms with Crippen LogP contribution >= 0.6 is 0 Å². The molecule has 1 aliphatic carbocycles. The van der Waals surface area contributed by atoms with E-state index < -0.39 is 0 Å². The number of hydrogen-bond donors (Lipinski definition) is 0. The Kier molecular flexibility index (Phi) is 1.87. The molecule has 1 aliphatic rings. The largest absolute Gasteiger partial charge is 0.289 e. The molecular weight excluding hydrogens is 112 g/mol. The van der Waals surface area contributed by atoms with Crippen molar-refractivity contribution in [3.8, 4) is 11.8 Å². The Hall–Kier alpha value is -1.29. The maximum atomic E-state index is 9.74. The molecule has 44 valence electrons. The van der Waals surface area contributed by atoms with Crippen LogP contribution in [0, 0.1) is 11.8 Å². The molecule has 9 heavy (non-hydrogen) atoms. The first kappa shape index (κ1) is 5.84. The van der Waals surface area contributed by atoms with Gasteiger partial charge in [-0.05, 0) is 12.3 Å². The Bertz CT molecular complexity index is 223. The average Bonchev–Trinajstić information content (AvgIpc) is 2.34. The summed E-state index contributed by atoms with van der Waals surface area (Å²) in [5.74, 6) is 5.06. The van der Waals surface area contributed by atoms with Crippen LogP contribution in [0.1, 0.15) is 6.42 Å². The molecule has 1 heteroatoms. The number of carbonyl (C=O) groups is 1. The van der Waals surface area contributed by atoms with Crippen molar-refractivity contribution in [2.45, 2.75) is 6.42 Å². The molecule has 0 aliphatic heterocycles. The Morgan fingerprint density at radius 3 is 3.11 bits per heavy atom. The molecule has 0 bridgehead atoms. The predicted octanol–water partition coefficient (Wildman–Crippen LogP) is 1.07. The molecule has 0 aromatic rings. The number of hydrogen-bond acceptors (Lipinski definition) is 1. The lowest BCUT2D eigenvalue weighted by atomic mass is 10.2. The normalized spacial score (nSPS) is 14.0. The fourth-order valence-electron chi connectivity index (χ4n) is 0.662. The molecule has 0 aromatic carbocycles. The van der Waals surface area contributed by atoms with Crippen molar-refractivity contribution in [2.75, 3.05) is 0 Å². The molecule has 0 N–H and O–H groups in total. The molecular formula is C8H6O.